The molecule has 3 atom stereocenters. The van der Waals surface area contributed by atoms with E-state index in [4.69, 9.17) is 4.74 Å². The maximum Gasteiger partial charge on any atom is 0.311 e. The minimum Gasteiger partial charge on any atom is -0.466 e. The number of carbonyl (C=O) groups is 2. The van der Waals surface area contributed by atoms with Crippen LogP contribution in [0.1, 0.15) is 44.6 Å². The van der Waals surface area contributed by atoms with Gasteiger partial charge < -0.3 is 15.4 Å². The summed E-state index contributed by atoms with van der Waals surface area (Å²) in [6.07, 6.45) is 5.81. The largest absolute Gasteiger partial charge is 0.466 e. The molecule has 2 heterocycles. The normalized spacial score (nSPS) is 25.5. The third-order valence-corrected chi connectivity index (χ3v) is 5.54. The van der Waals surface area contributed by atoms with E-state index in [1.807, 2.05) is 37.3 Å². The highest BCUT2D eigenvalue weighted by atomic mass is 16.5. The van der Waals surface area contributed by atoms with Gasteiger partial charge in [-0.2, -0.15) is 0 Å². The summed E-state index contributed by atoms with van der Waals surface area (Å²) >= 11 is 0. The Morgan fingerprint density at radius 1 is 1.19 bits per heavy atom. The molecular formula is C21H30N2O3. The maximum atomic E-state index is 12.4. The second-order valence-electron chi connectivity index (χ2n) is 7.62. The average molecular weight is 358 g/mol. The second kappa shape index (κ2) is 9.17. The van der Waals surface area contributed by atoms with E-state index in [-0.39, 0.29) is 17.8 Å². The van der Waals surface area contributed by atoms with Crippen LogP contribution in [0.3, 0.4) is 0 Å². The minimum absolute atomic E-state index is 0.0543. The topological polar surface area (TPSA) is 67.4 Å². The lowest BCUT2D eigenvalue weighted by Gasteiger charge is -2.28. The first kappa shape index (κ1) is 18.9. The van der Waals surface area contributed by atoms with Crippen LogP contribution in [0.25, 0.3) is 0 Å². The molecule has 26 heavy (non-hydrogen) atoms. The van der Waals surface area contributed by atoms with Crippen LogP contribution in [0.5, 0.6) is 0 Å². The summed E-state index contributed by atoms with van der Waals surface area (Å²) in [6.45, 7) is 2.50. The first-order valence-electron chi connectivity index (χ1n) is 9.87. The molecular weight excluding hydrogens is 328 g/mol. The Balaban J connectivity index is 1.49. The lowest BCUT2D eigenvalue weighted by molar-refractivity contribution is -0.147. The van der Waals surface area contributed by atoms with Crippen molar-refractivity contribution in [2.45, 2.75) is 57.5 Å². The first-order valence-corrected chi connectivity index (χ1v) is 9.87. The molecule has 2 bridgehead atoms. The fraction of sp³-hybridized carbons (Fsp3) is 0.619. The van der Waals surface area contributed by atoms with Gasteiger partial charge in [0.25, 0.3) is 0 Å². The van der Waals surface area contributed by atoms with Crippen molar-refractivity contribution in [2.75, 3.05) is 13.2 Å². The Morgan fingerprint density at radius 2 is 1.88 bits per heavy atom. The predicted octanol–water partition coefficient (Wildman–Crippen LogP) is 2.45. The van der Waals surface area contributed by atoms with Gasteiger partial charge in [0.15, 0.2) is 0 Å². The van der Waals surface area contributed by atoms with Gasteiger partial charge in [0.05, 0.1) is 12.5 Å². The van der Waals surface area contributed by atoms with Gasteiger partial charge in [-0.3, -0.25) is 9.59 Å². The Bertz CT molecular complexity index is 593. The Hall–Kier alpha value is -1.88. The zero-order valence-corrected chi connectivity index (χ0v) is 15.6. The summed E-state index contributed by atoms with van der Waals surface area (Å²) in [6, 6.07) is 11.1. The molecule has 0 radical (unpaired) electrons. The van der Waals surface area contributed by atoms with Crippen LogP contribution in [-0.4, -0.2) is 37.1 Å². The standard InChI is InChI=1S/C21H30N2O3/c1-2-26-21(25)17(10-15-6-4-3-5-7-15)14-22-20(24)13-16-11-18-8-9-19(12-16)23-18/h3-7,16-19,23H,2,8-14H2,1H3,(H,22,24). The highest BCUT2D eigenvalue weighted by molar-refractivity contribution is 5.78. The first-order chi connectivity index (χ1) is 12.6. The zero-order chi connectivity index (χ0) is 18.4. The van der Waals surface area contributed by atoms with Crippen molar-refractivity contribution in [2.24, 2.45) is 11.8 Å². The number of benzene rings is 1. The lowest BCUT2D eigenvalue weighted by atomic mass is 9.89. The molecule has 2 aliphatic rings. The Morgan fingerprint density at radius 3 is 2.54 bits per heavy atom. The maximum absolute atomic E-state index is 12.4. The molecule has 1 amide bonds. The molecule has 1 aromatic rings. The molecule has 3 rings (SSSR count). The SMILES string of the molecule is CCOC(=O)C(CNC(=O)CC1CC2CCC(C1)N2)Cc1ccccc1. The minimum atomic E-state index is -0.342. The van der Waals surface area contributed by atoms with Crippen LogP contribution in [0, 0.1) is 11.8 Å². The number of carbonyl (C=O) groups excluding carboxylic acids is 2. The fourth-order valence-electron chi connectivity index (χ4n) is 4.31. The molecule has 2 aliphatic heterocycles. The van der Waals surface area contributed by atoms with Crippen molar-refractivity contribution in [3.63, 3.8) is 0 Å². The fourth-order valence-corrected chi connectivity index (χ4v) is 4.31. The molecule has 5 heteroatoms. The van der Waals surface area contributed by atoms with E-state index < -0.39 is 0 Å². The zero-order valence-electron chi connectivity index (χ0n) is 15.6. The summed E-state index contributed by atoms with van der Waals surface area (Å²) in [5, 5.41) is 6.59. The highest BCUT2D eigenvalue weighted by Gasteiger charge is 2.34. The molecule has 0 aliphatic carbocycles. The second-order valence-corrected chi connectivity index (χ2v) is 7.62. The molecule has 0 saturated carbocycles. The van der Waals surface area contributed by atoms with Gasteiger partial charge in [-0.25, -0.2) is 0 Å². The molecule has 2 fully saturated rings. The van der Waals surface area contributed by atoms with Crippen molar-refractivity contribution in [3.05, 3.63) is 35.9 Å². The summed E-state index contributed by atoms with van der Waals surface area (Å²) in [7, 11) is 0. The van der Waals surface area contributed by atoms with E-state index in [1.54, 1.807) is 0 Å². The van der Waals surface area contributed by atoms with E-state index >= 15 is 0 Å². The van der Waals surface area contributed by atoms with Gasteiger partial charge in [-0.05, 0) is 50.5 Å². The van der Waals surface area contributed by atoms with Crippen molar-refractivity contribution < 1.29 is 14.3 Å². The van der Waals surface area contributed by atoms with Crippen molar-refractivity contribution in [1.82, 2.24) is 10.6 Å². The van der Waals surface area contributed by atoms with E-state index in [2.05, 4.69) is 10.6 Å². The smallest absolute Gasteiger partial charge is 0.311 e. The number of hydrogen-bond donors (Lipinski definition) is 2. The van der Waals surface area contributed by atoms with Gasteiger partial charge in [0, 0.05) is 25.0 Å². The van der Waals surface area contributed by atoms with Crippen LogP contribution in [-0.2, 0) is 20.7 Å². The molecule has 0 spiro atoms. The molecule has 2 N–H and O–H groups in total. The van der Waals surface area contributed by atoms with Crippen LogP contribution in [0.2, 0.25) is 0 Å². The number of piperidine rings is 1. The van der Waals surface area contributed by atoms with Crippen molar-refractivity contribution in [1.29, 1.82) is 0 Å². The number of nitrogens with one attached hydrogen (secondary N) is 2. The third-order valence-electron chi connectivity index (χ3n) is 5.54. The van der Waals surface area contributed by atoms with Crippen LogP contribution < -0.4 is 10.6 Å². The van der Waals surface area contributed by atoms with Gasteiger partial charge >= 0.3 is 5.97 Å². The number of ether oxygens (including phenoxy) is 1. The summed E-state index contributed by atoms with van der Waals surface area (Å²) in [5.74, 6) is -0.0651. The molecule has 3 unspecified atom stereocenters. The van der Waals surface area contributed by atoms with Gasteiger partial charge in [-0.15, -0.1) is 0 Å². The van der Waals surface area contributed by atoms with E-state index in [0.717, 1.165) is 18.4 Å². The number of fused-ring (bicyclic) bond motifs is 2. The van der Waals surface area contributed by atoms with E-state index in [9.17, 15) is 9.59 Å². The number of rotatable bonds is 8. The molecule has 2 saturated heterocycles. The van der Waals surface area contributed by atoms with E-state index in [1.165, 1.54) is 12.8 Å². The summed E-state index contributed by atoms with van der Waals surface area (Å²) in [5.41, 5.74) is 1.08. The van der Waals surface area contributed by atoms with Crippen molar-refractivity contribution in [3.8, 4) is 0 Å². The van der Waals surface area contributed by atoms with Gasteiger partial charge in [0.1, 0.15) is 0 Å². The molecule has 0 aromatic heterocycles. The molecule has 5 nitrogen and oxygen atoms in total. The van der Waals surface area contributed by atoms with Gasteiger partial charge in [-0.1, -0.05) is 30.3 Å². The number of amides is 1. The van der Waals surface area contributed by atoms with Gasteiger partial charge in [0.2, 0.25) is 5.91 Å². The van der Waals surface area contributed by atoms with Crippen LogP contribution in [0.15, 0.2) is 30.3 Å². The monoisotopic (exact) mass is 358 g/mol. The van der Waals surface area contributed by atoms with Crippen LogP contribution in [0.4, 0.5) is 0 Å². The Kier molecular flexibility index (Phi) is 6.67. The predicted molar refractivity (Wildman–Crippen MR) is 101 cm³/mol. The Labute approximate surface area is 155 Å². The van der Waals surface area contributed by atoms with Crippen molar-refractivity contribution >= 4 is 11.9 Å². The lowest BCUT2D eigenvalue weighted by Crippen LogP contribution is -2.40. The number of esters is 1. The molecule has 1 aromatic carbocycles. The number of hydrogen-bond acceptors (Lipinski definition) is 4. The molecule has 142 valence electrons. The quantitative estimate of drug-likeness (QED) is 0.701. The summed E-state index contributed by atoms with van der Waals surface area (Å²) < 4.78 is 5.20. The van der Waals surface area contributed by atoms with E-state index in [0.29, 0.717) is 44.0 Å². The summed E-state index contributed by atoms with van der Waals surface area (Å²) in [4.78, 5) is 24.7. The highest BCUT2D eigenvalue weighted by Crippen LogP contribution is 2.32. The third kappa shape index (κ3) is 5.31. The average Bonchev–Trinajstić information content (AvgIpc) is 2.98. The van der Waals surface area contributed by atoms with Crippen LogP contribution >= 0.6 is 0 Å².